The van der Waals surface area contributed by atoms with E-state index in [2.05, 4.69) is 10.3 Å². The SMILES string of the molecule is COc1cccc(-c2nc(CC(=O)N[C@@H](CC3=CCc4ccccc43)C(=O)O)cs2)c1. The van der Waals surface area contributed by atoms with Crippen molar-refractivity contribution in [3.63, 3.8) is 0 Å². The molecule has 0 radical (unpaired) electrons. The standard InChI is InChI=1S/C24H22N2O4S/c1-30-19-7-4-6-17(11-19)23-25-18(14-31-23)13-22(27)26-21(24(28)29)12-16-10-9-15-5-2-3-8-20(15)16/h2-8,10-11,14,21H,9,12-13H2,1H3,(H,26,27)(H,28,29)/t21-/m0/s1. The number of nitrogens with one attached hydrogen (secondary N) is 1. The lowest BCUT2D eigenvalue weighted by Crippen LogP contribution is -2.41. The predicted molar refractivity (Wildman–Crippen MR) is 120 cm³/mol. The van der Waals surface area contributed by atoms with Gasteiger partial charge >= 0.3 is 5.97 Å². The average molecular weight is 435 g/mol. The van der Waals surface area contributed by atoms with Gasteiger partial charge in [-0.05, 0) is 35.3 Å². The molecule has 4 rings (SSSR count). The second-order valence-corrected chi connectivity index (χ2v) is 8.16. The van der Waals surface area contributed by atoms with Gasteiger partial charge in [0.2, 0.25) is 5.91 Å². The number of fused-ring (bicyclic) bond motifs is 1. The molecule has 1 amide bonds. The number of methoxy groups -OCH3 is 1. The number of benzene rings is 2. The van der Waals surface area contributed by atoms with Gasteiger partial charge in [-0.15, -0.1) is 11.3 Å². The molecule has 2 aromatic carbocycles. The van der Waals surface area contributed by atoms with Crippen molar-refractivity contribution in [1.29, 1.82) is 0 Å². The van der Waals surface area contributed by atoms with Gasteiger partial charge in [-0.25, -0.2) is 9.78 Å². The van der Waals surface area contributed by atoms with Crippen LogP contribution in [0, 0.1) is 0 Å². The van der Waals surface area contributed by atoms with Gasteiger partial charge in [0.15, 0.2) is 0 Å². The van der Waals surface area contributed by atoms with Gasteiger partial charge in [0.05, 0.1) is 19.2 Å². The predicted octanol–water partition coefficient (Wildman–Crippen LogP) is 3.96. The number of nitrogens with zero attached hydrogens (tertiary/aromatic N) is 1. The zero-order chi connectivity index (χ0) is 21.8. The lowest BCUT2D eigenvalue weighted by Gasteiger charge is -2.16. The Morgan fingerprint density at radius 2 is 2.06 bits per heavy atom. The Morgan fingerprint density at radius 1 is 1.23 bits per heavy atom. The first kappa shape index (κ1) is 20.8. The molecule has 158 valence electrons. The van der Waals surface area contributed by atoms with E-state index in [0.717, 1.165) is 33.9 Å². The molecule has 0 saturated carbocycles. The fourth-order valence-electron chi connectivity index (χ4n) is 3.65. The van der Waals surface area contributed by atoms with Crippen molar-refractivity contribution in [3.8, 4) is 16.3 Å². The van der Waals surface area contributed by atoms with E-state index in [1.807, 2.05) is 60.0 Å². The van der Waals surface area contributed by atoms with Gasteiger partial charge in [0.25, 0.3) is 0 Å². The van der Waals surface area contributed by atoms with Gasteiger partial charge in [-0.3, -0.25) is 4.79 Å². The molecule has 3 aromatic rings. The molecule has 1 atom stereocenters. The zero-order valence-electron chi connectivity index (χ0n) is 17.0. The van der Waals surface area contributed by atoms with Crippen molar-refractivity contribution < 1.29 is 19.4 Å². The van der Waals surface area contributed by atoms with Gasteiger partial charge in [-0.1, -0.05) is 42.5 Å². The largest absolute Gasteiger partial charge is 0.497 e. The summed E-state index contributed by atoms with van der Waals surface area (Å²) < 4.78 is 5.24. The average Bonchev–Trinajstić information content (AvgIpc) is 3.40. The van der Waals surface area contributed by atoms with E-state index in [-0.39, 0.29) is 18.7 Å². The maximum atomic E-state index is 12.5. The third-order valence-electron chi connectivity index (χ3n) is 5.20. The smallest absolute Gasteiger partial charge is 0.326 e. The third-order valence-corrected chi connectivity index (χ3v) is 6.14. The summed E-state index contributed by atoms with van der Waals surface area (Å²) in [6.07, 6.45) is 3.11. The van der Waals surface area contributed by atoms with Crippen molar-refractivity contribution in [1.82, 2.24) is 10.3 Å². The van der Waals surface area contributed by atoms with Crippen LogP contribution in [-0.4, -0.2) is 35.1 Å². The third kappa shape index (κ3) is 4.83. The summed E-state index contributed by atoms with van der Waals surface area (Å²) in [5.74, 6) is -0.671. The molecule has 7 heteroatoms. The number of carboxylic acids is 1. The summed E-state index contributed by atoms with van der Waals surface area (Å²) in [4.78, 5) is 28.8. The van der Waals surface area contributed by atoms with E-state index < -0.39 is 12.0 Å². The molecule has 1 heterocycles. The molecule has 0 spiro atoms. The first-order chi connectivity index (χ1) is 15.0. The van der Waals surface area contributed by atoms with E-state index in [1.54, 1.807) is 7.11 Å². The van der Waals surface area contributed by atoms with Crippen molar-refractivity contribution in [2.24, 2.45) is 0 Å². The molecular weight excluding hydrogens is 412 g/mol. The number of thiazole rings is 1. The summed E-state index contributed by atoms with van der Waals surface area (Å²) in [7, 11) is 1.61. The van der Waals surface area contributed by atoms with Crippen LogP contribution in [-0.2, 0) is 22.4 Å². The van der Waals surface area contributed by atoms with Gasteiger partial charge in [0, 0.05) is 17.4 Å². The number of allylic oxidation sites excluding steroid dienone is 1. The number of carboxylic acid groups (broad SMARTS) is 1. The molecule has 1 aliphatic carbocycles. The Balaban J connectivity index is 1.40. The molecule has 0 unspecified atom stereocenters. The van der Waals surface area contributed by atoms with Crippen molar-refractivity contribution in [2.75, 3.05) is 7.11 Å². The minimum atomic E-state index is -1.05. The second kappa shape index (κ2) is 9.14. The molecule has 0 bridgehead atoms. The molecule has 1 aromatic heterocycles. The van der Waals surface area contributed by atoms with E-state index >= 15 is 0 Å². The molecule has 0 fully saturated rings. The van der Waals surface area contributed by atoms with E-state index in [4.69, 9.17) is 4.74 Å². The first-order valence-corrected chi connectivity index (χ1v) is 10.8. The highest BCUT2D eigenvalue weighted by Crippen LogP contribution is 2.30. The molecule has 6 nitrogen and oxygen atoms in total. The Labute approximate surface area is 184 Å². The molecule has 1 aliphatic rings. The number of ether oxygens (including phenoxy) is 1. The molecule has 0 saturated heterocycles. The van der Waals surface area contributed by atoms with E-state index in [1.165, 1.54) is 16.9 Å². The van der Waals surface area contributed by atoms with Crippen LogP contribution >= 0.6 is 11.3 Å². The topological polar surface area (TPSA) is 88.5 Å². The highest BCUT2D eigenvalue weighted by atomic mass is 32.1. The number of aromatic nitrogens is 1. The molecule has 2 N–H and O–H groups in total. The Bertz CT molecular complexity index is 1150. The maximum absolute atomic E-state index is 12.5. The number of carbonyl (C=O) groups is 2. The van der Waals surface area contributed by atoms with Gasteiger partial charge in [0.1, 0.15) is 16.8 Å². The number of hydrogen-bond donors (Lipinski definition) is 2. The summed E-state index contributed by atoms with van der Waals surface area (Å²) >= 11 is 1.44. The van der Waals surface area contributed by atoms with Crippen LogP contribution in [0.25, 0.3) is 16.1 Å². The number of amides is 1. The van der Waals surface area contributed by atoms with Crippen LogP contribution in [0.1, 0.15) is 23.2 Å². The number of aliphatic carboxylic acids is 1. The second-order valence-electron chi connectivity index (χ2n) is 7.31. The fourth-order valence-corrected chi connectivity index (χ4v) is 4.47. The minimum Gasteiger partial charge on any atom is -0.497 e. The molecule has 31 heavy (non-hydrogen) atoms. The van der Waals surface area contributed by atoms with Crippen LogP contribution in [0.3, 0.4) is 0 Å². The highest BCUT2D eigenvalue weighted by Gasteiger charge is 2.25. The van der Waals surface area contributed by atoms with Gasteiger partial charge in [-0.2, -0.15) is 0 Å². The van der Waals surface area contributed by atoms with Crippen LogP contribution < -0.4 is 10.1 Å². The van der Waals surface area contributed by atoms with Crippen molar-refractivity contribution in [2.45, 2.75) is 25.3 Å². The van der Waals surface area contributed by atoms with Crippen LogP contribution in [0.15, 0.2) is 60.0 Å². The summed E-state index contributed by atoms with van der Waals surface area (Å²) in [5, 5.41) is 14.9. The van der Waals surface area contributed by atoms with E-state index in [0.29, 0.717) is 5.69 Å². The number of hydrogen-bond acceptors (Lipinski definition) is 5. The normalized spacial score (nSPS) is 13.3. The maximum Gasteiger partial charge on any atom is 0.326 e. The molecular formula is C24H22N2O4S. The Kier molecular flexibility index (Phi) is 6.13. The summed E-state index contributed by atoms with van der Waals surface area (Å²) in [5.41, 5.74) is 4.71. The summed E-state index contributed by atoms with van der Waals surface area (Å²) in [6.45, 7) is 0. The van der Waals surface area contributed by atoms with Crippen LogP contribution in [0.2, 0.25) is 0 Å². The Hall–Kier alpha value is -3.45. The lowest BCUT2D eigenvalue weighted by atomic mass is 9.99. The first-order valence-electron chi connectivity index (χ1n) is 9.92. The lowest BCUT2D eigenvalue weighted by molar-refractivity contribution is -0.141. The highest BCUT2D eigenvalue weighted by molar-refractivity contribution is 7.13. The van der Waals surface area contributed by atoms with Gasteiger partial charge < -0.3 is 15.2 Å². The van der Waals surface area contributed by atoms with E-state index in [9.17, 15) is 14.7 Å². The Morgan fingerprint density at radius 3 is 2.87 bits per heavy atom. The number of rotatable bonds is 8. The molecule has 0 aliphatic heterocycles. The monoisotopic (exact) mass is 434 g/mol. The summed E-state index contributed by atoms with van der Waals surface area (Å²) in [6, 6.07) is 14.5. The van der Waals surface area contributed by atoms with Crippen LogP contribution in [0.5, 0.6) is 5.75 Å². The van der Waals surface area contributed by atoms with Crippen molar-refractivity contribution in [3.05, 3.63) is 76.8 Å². The fraction of sp³-hybridized carbons (Fsp3) is 0.208. The minimum absolute atomic E-state index is 0.0277. The quantitative estimate of drug-likeness (QED) is 0.560. The van der Waals surface area contributed by atoms with Crippen molar-refractivity contribution >= 4 is 28.8 Å². The zero-order valence-corrected chi connectivity index (χ0v) is 17.8. The number of carbonyl (C=O) groups excluding carboxylic acids is 1. The van der Waals surface area contributed by atoms with Crippen LogP contribution in [0.4, 0.5) is 0 Å².